The molecule has 1 heterocycles. The molecular formula is C16H21N5O4S. The molecule has 0 atom stereocenters. The maximum absolute atomic E-state index is 11.3. The largest absolute Gasteiger partial charge is 0.493 e. The molecule has 9 nitrogen and oxygen atoms in total. The molecule has 0 aliphatic carbocycles. The zero-order chi connectivity index (χ0) is 19.1. The van der Waals surface area contributed by atoms with Crippen LogP contribution >= 0.6 is 12.2 Å². The molecule has 26 heavy (non-hydrogen) atoms. The first-order valence-electron chi connectivity index (χ1n) is 8.30. The molecule has 140 valence electrons. The number of ether oxygens (including phenoxy) is 2. The molecule has 0 unspecified atom stereocenters. The van der Waals surface area contributed by atoms with Crippen LogP contribution in [0.1, 0.15) is 38.6 Å². The Hall–Kier alpha value is -2.75. The first kappa shape index (κ1) is 19.6. The van der Waals surface area contributed by atoms with Gasteiger partial charge in [-0.25, -0.2) is 0 Å². The van der Waals surface area contributed by atoms with Gasteiger partial charge in [-0.05, 0) is 32.5 Å². The van der Waals surface area contributed by atoms with Crippen LogP contribution < -0.4 is 9.47 Å². The Morgan fingerprint density at radius 2 is 2.00 bits per heavy atom. The predicted octanol–water partition coefficient (Wildman–Crippen LogP) is 3.48. The molecule has 0 saturated carbocycles. The molecule has 0 bridgehead atoms. The van der Waals surface area contributed by atoms with Gasteiger partial charge in [0.25, 0.3) is 0 Å². The van der Waals surface area contributed by atoms with Gasteiger partial charge >= 0.3 is 5.69 Å². The first-order chi connectivity index (χ1) is 12.5. The summed E-state index contributed by atoms with van der Waals surface area (Å²) in [4.78, 5) is 10.9. The third-order valence-electron chi connectivity index (χ3n) is 3.39. The van der Waals surface area contributed by atoms with E-state index in [1.807, 2.05) is 13.8 Å². The van der Waals surface area contributed by atoms with E-state index in [2.05, 4.69) is 15.3 Å². The molecule has 10 heteroatoms. The number of aromatic nitrogens is 3. The van der Waals surface area contributed by atoms with E-state index in [0.29, 0.717) is 41.5 Å². The number of hydrogen-bond donors (Lipinski definition) is 1. The van der Waals surface area contributed by atoms with Crippen molar-refractivity contribution in [3.63, 3.8) is 0 Å². The molecule has 1 aromatic carbocycles. The monoisotopic (exact) mass is 379 g/mol. The second-order valence-electron chi connectivity index (χ2n) is 5.23. The van der Waals surface area contributed by atoms with Gasteiger partial charge in [-0.3, -0.25) is 15.2 Å². The fourth-order valence-corrected chi connectivity index (χ4v) is 2.51. The molecule has 0 amide bonds. The van der Waals surface area contributed by atoms with Gasteiger partial charge in [0.05, 0.1) is 24.4 Å². The number of nitro groups is 1. The molecule has 0 aliphatic rings. The van der Waals surface area contributed by atoms with Gasteiger partial charge in [-0.1, -0.05) is 6.92 Å². The first-order valence-corrected chi connectivity index (χ1v) is 8.71. The summed E-state index contributed by atoms with van der Waals surface area (Å²) in [6.45, 7) is 6.32. The van der Waals surface area contributed by atoms with Crippen LogP contribution in [0.25, 0.3) is 0 Å². The Morgan fingerprint density at radius 1 is 1.31 bits per heavy atom. The third-order valence-corrected chi connectivity index (χ3v) is 3.66. The van der Waals surface area contributed by atoms with Crippen molar-refractivity contribution in [3.8, 4) is 11.5 Å². The summed E-state index contributed by atoms with van der Waals surface area (Å²) in [5.74, 6) is 1.29. The third kappa shape index (κ3) is 4.45. The number of benzene rings is 1. The number of H-pyrrole nitrogens is 1. The smallest absolute Gasteiger partial charge is 0.311 e. The van der Waals surface area contributed by atoms with Crippen LogP contribution in [0.5, 0.6) is 11.5 Å². The molecule has 0 fully saturated rings. The zero-order valence-electron chi connectivity index (χ0n) is 14.9. The summed E-state index contributed by atoms with van der Waals surface area (Å²) in [5.41, 5.74) is 0.300. The average Bonchev–Trinajstić information content (AvgIpc) is 2.95. The summed E-state index contributed by atoms with van der Waals surface area (Å²) in [6, 6.07) is 2.89. The fourth-order valence-electron chi connectivity index (χ4n) is 2.31. The molecule has 0 saturated heterocycles. The van der Waals surface area contributed by atoms with E-state index in [4.69, 9.17) is 21.7 Å². The van der Waals surface area contributed by atoms with Crippen molar-refractivity contribution in [1.82, 2.24) is 14.9 Å². The van der Waals surface area contributed by atoms with Crippen LogP contribution in [0, 0.1) is 14.9 Å². The van der Waals surface area contributed by atoms with Crippen LogP contribution in [0.2, 0.25) is 0 Å². The van der Waals surface area contributed by atoms with Gasteiger partial charge in [0.15, 0.2) is 5.82 Å². The Bertz CT molecular complexity index is 859. The highest BCUT2D eigenvalue weighted by Crippen LogP contribution is 2.34. The van der Waals surface area contributed by atoms with Gasteiger partial charge in [-0.15, -0.1) is 0 Å². The Labute approximate surface area is 155 Å². The number of aromatic amines is 1. The minimum absolute atomic E-state index is 0.152. The molecular weight excluding hydrogens is 358 g/mol. The summed E-state index contributed by atoms with van der Waals surface area (Å²) < 4.78 is 12.8. The lowest BCUT2D eigenvalue weighted by atomic mass is 10.1. The SMILES string of the molecule is CCCc1n[nH]c(=S)n1/N=C\c1cc([N+](=O)[O-])c(OCC)cc1OCC. The van der Waals surface area contributed by atoms with Gasteiger partial charge in [0.2, 0.25) is 10.5 Å². The highest BCUT2D eigenvalue weighted by Gasteiger charge is 2.19. The van der Waals surface area contributed by atoms with Crippen LogP contribution in [-0.4, -0.2) is 39.2 Å². The van der Waals surface area contributed by atoms with Crippen LogP contribution in [0.15, 0.2) is 17.2 Å². The van der Waals surface area contributed by atoms with E-state index in [0.717, 1.165) is 6.42 Å². The maximum atomic E-state index is 11.3. The Balaban J connectivity index is 2.50. The van der Waals surface area contributed by atoms with Crippen molar-refractivity contribution in [2.75, 3.05) is 13.2 Å². The van der Waals surface area contributed by atoms with E-state index < -0.39 is 4.92 Å². The minimum Gasteiger partial charge on any atom is -0.493 e. The lowest BCUT2D eigenvalue weighted by Gasteiger charge is -2.11. The predicted molar refractivity (Wildman–Crippen MR) is 99.8 cm³/mol. The molecule has 1 N–H and O–H groups in total. The summed E-state index contributed by atoms with van der Waals surface area (Å²) in [5, 5.41) is 22.5. The number of nitro benzene ring substituents is 1. The van der Waals surface area contributed by atoms with E-state index in [-0.39, 0.29) is 11.4 Å². The van der Waals surface area contributed by atoms with Crippen molar-refractivity contribution in [2.24, 2.45) is 5.10 Å². The van der Waals surface area contributed by atoms with Crippen molar-refractivity contribution in [3.05, 3.63) is 38.4 Å². The highest BCUT2D eigenvalue weighted by atomic mass is 32.1. The molecule has 0 aliphatic heterocycles. The van der Waals surface area contributed by atoms with E-state index in [9.17, 15) is 10.1 Å². The van der Waals surface area contributed by atoms with Crippen molar-refractivity contribution < 1.29 is 14.4 Å². The van der Waals surface area contributed by atoms with E-state index >= 15 is 0 Å². The maximum Gasteiger partial charge on any atom is 0.311 e. The second-order valence-corrected chi connectivity index (χ2v) is 5.62. The number of nitrogens with one attached hydrogen (secondary N) is 1. The van der Waals surface area contributed by atoms with Crippen molar-refractivity contribution in [2.45, 2.75) is 33.6 Å². The highest BCUT2D eigenvalue weighted by molar-refractivity contribution is 7.71. The summed E-state index contributed by atoms with van der Waals surface area (Å²) in [6.07, 6.45) is 3.05. The fraction of sp³-hybridized carbons (Fsp3) is 0.438. The van der Waals surface area contributed by atoms with Gasteiger partial charge < -0.3 is 9.47 Å². The Morgan fingerprint density at radius 3 is 2.62 bits per heavy atom. The van der Waals surface area contributed by atoms with Gasteiger partial charge in [-0.2, -0.15) is 14.9 Å². The van der Waals surface area contributed by atoms with Crippen LogP contribution in [-0.2, 0) is 6.42 Å². The summed E-state index contributed by atoms with van der Waals surface area (Å²) >= 11 is 5.18. The lowest BCUT2D eigenvalue weighted by molar-refractivity contribution is -0.385. The number of hydrogen-bond acceptors (Lipinski definition) is 7. The van der Waals surface area contributed by atoms with E-state index in [1.54, 1.807) is 6.92 Å². The molecule has 2 rings (SSSR count). The number of rotatable bonds is 9. The normalized spacial score (nSPS) is 11.0. The van der Waals surface area contributed by atoms with Crippen LogP contribution in [0.3, 0.4) is 0 Å². The molecule has 2 aromatic rings. The van der Waals surface area contributed by atoms with Gasteiger partial charge in [0.1, 0.15) is 5.75 Å². The summed E-state index contributed by atoms with van der Waals surface area (Å²) in [7, 11) is 0. The van der Waals surface area contributed by atoms with Crippen LogP contribution in [0.4, 0.5) is 5.69 Å². The average molecular weight is 379 g/mol. The topological polar surface area (TPSA) is 108 Å². The Kier molecular flexibility index (Phi) is 6.84. The quantitative estimate of drug-likeness (QED) is 0.309. The number of aryl methyl sites for hydroxylation is 1. The molecule has 0 radical (unpaired) electrons. The van der Waals surface area contributed by atoms with Crippen molar-refractivity contribution in [1.29, 1.82) is 0 Å². The standard InChI is InChI=1S/C16H21N5O4S/c1-4-7-15-18-19-16(26)20(15)17-10-11-8-12(21(22)23)14(25-6-3)9-13(11)24-5-2/h8-10H,4-7H2,1-3H3,(H,19,26)/b17-10-. The molecule has 0 spiro atoms. The minimum atomic E-state index is -0.496. The van der Waals surface area contributed by atoms with E-state index in [1.165, 1.54) is 23.0 Å². The lowest BCUT2D eigenvalue weighted by Crippen LogP contribution is -2.04. The molecule has 1 aromatic heterocycles. The van der Waals surface area contributed by atoms with Gasteiger partial charge in [0, 0.05) is 24.1 Å². The van der Waals surface area contributed by atoms with Crippen molar-refractivity contribution >= 4 is 24.1 Å². The second kappa shape index (κ2) is 9.09. The number of nitrogens with zero attached hydrogens (tertiary/aromatic N) is 4. The zero-order valence-corrected chi connectivity index (χ0v) is 15.7.